The lowest BCUT2D eigenvalue weighted by atomic mass is 10.2. The van der Waals surface area contributed by atoms with Crippen LogP contribution >= 0.6 is 11.3 Å². The third kappa shape index (κ3) is 3.11. The highest BCUT2D eigenvalue weighted by Gasteiger charge is 2.11. The van der Waals surface area contributed by atoms with Crippen molar-refractivity contribution in [3.63, 3.8) is 0 Å². The highest BCUT2D eigenvalue weighted by atomic mass is 32.1. The van der Waals surface area contributed by atoms with Crippen LogP contribution in [0.1, 0.15) is 5.69 Å². The molecule has 4 rings (SSSR count). The molecular weight excluding hydrogens is 341 g/mol. The Morgan fingerprint density at radius 3 is 2.52 bits per heavy atom. The van der Waals surface area contributed by atoms with Gasteiger partial charge in [0.05, 0.1) is 17.9 Å². The zero-order valence-electron chi connectivity index (χ0n) is 12.9. The van der Waals surface area contributed by atoms with Crippen LogP contribution in [0.4, 0.5) is 4.39 Å². The van der Waals surface area contributed by atoms with Crippen molar-refractivity contribution in [3.05, 3.63) is 82.0 Å². The van der Waals surface area contributed by atoms with Crippen molar-refractivity contribution in [3.8, 4) is 16.3 Å². The zero-order chi connectivity index (χ0) is 17.2. The number of tetrazole rings is 1. The number of benzene rings is 2. The Hall–Kier alpha value is -3.13. The third-order valence-corrected chi connectivity index (χ3v) is 4.54. The predicted molar refractivity (Wildman–Crippen MR) is 92.2 cm³/mol. The SMILES string of the molecule is O=c1n(Cc2csc(-c3ccc(F)cc3)n2)nnn1-c1ccccc1. The lowest BCUT2D eigenvalue weighted by Crippen LogP contribution is -2.24. The number of nitrogens with zero attached hydrogens (tertiary/aromatic N) is 5. The molecule has 0 aliphatic heterocycles. The van der Waals surface area contributed by atoms with Crippen LogP contribution in [-0.2, 0) is 6.54 Å². The van der Waals surface area contributed by atoms with Gasteiger partial charge in [0, 0.05) is 10.9 Å². The first-order chi connectivity index (χ1) is 12.2. The Bertz CT molecular complexity index is 1050. The van der Waals surface area contributed by atoms with Crippen molar-refractivity contribution < 1.29 is 4.39 Å². The number of aromatic nitrogens is 5. The Morgan fingerprint density at radius 1 is 1.00 bits per heavy atom. The summed E-state index contributed by atoms with van der Waals surface area (Å²) in [4.78, 5) is 16.9. The van der Waals surface area contributed by atoms with Gasteiger partial charge in [-0.3, -0.25) is 0 Å². The summed E-state index contributed by atoms with van der Waals surface area (Å²) in [5.41, 5.74) is 1.86. The molecule has 2 heterocycles. The summed E-state index contributed by atoms with van der Waals surface area (Å²) in [5, 5.41) is 10.4. The molecule has 0 saturated carbocycles. The normalized spacial score (nSPS) is 10.9. The second-order valence-corrected chi connectivity index (χ2v) is 6.18. The third-order valence-electron chi connectivity index (χ3n) is 3.59. The standard InChI is InChI=1S/C17H12FN5OS/c18-13-8-6-12(7-9-13)16-19-14(11-25-16)10-22-17(24)23(21-20-22)15-4-2-1-3-5-15/h1-9,11H,10H2. The molecule has 0 aliphatic carbocycles. The summed E-state index contributed by atoms with van der Waals surface area (Å²) in [6, 6.07) is 15.2. The number of halogens is 1. The van der Waals surface area contributed by atoms with Gasteiger partial charge in [-0.1, -0.05) is 18.2 Å². The molecule has 0 aliphatic rings. The maximum atomic E-state index is 13.0. The Balaban J connectivity index is 1.59. The van der Waals surface area contributed by atoms with Crippen LogP contribution in [0.25, 0.3) is 16.3 Å². The van der Waals surface area contributed by atoms with Crippen LogP contribution in [0, 0.1) is 5.82 Å². The fourth-order valence-corrected chi connectivity index (χ4v) is 3.18. The van der Waals surface area contributed by atoms with E-state index in [1.165, 1.54) is 32.8 Å². The van der Waals surface area contributed by atoms with E-state index in [9.17, 15) is 9.18 Å². The summed E-state index contributed by atoms with van der Waals surface area (Å²) in [6.07, 6.45) is 0. The predicted octanol–water partition coefficient (Wildman–Crippen LogP) is 2.74. The first-order valence-corrected chi connectivity index (χ1v) is 8.37. The number of rotatable bonds is 4. The highest BCUT2D eigenvalue weighted by Crippen LogP contribution is 2.24. The van der Waals surface area contributed by atoms with Gasteiger partial charge in [-0.2, -0.15) is 9.36 Å². The van der Waals surface area contributed by atoms with Crippen molar-refractivity contribution in [2.75, 3.05) is 0 Å². The molecule has 6 nitrogen and oxygen atoms in total. The molecule has 8 heteroatoms. The summed E-state index contributed by atoms with van der Waals surface area (Å²) in [6.45, 7) is 0.226. The van der Waals surface area contributed by atoms with Crippen LogP contribution in [0.2, 0.25) is 0 Å². The Kier molecular flexibility index (Phi) is 3.95. The van der Waals surface area contributed by atoms with Gasteiger partial charge in [0.25, 0.3) is 0 Å². The van der Waals surface area contributed by atoms with E-state index in [0.717, 1.165) is 10.6 Å². The lowest BCUT2D eigenvalue weighted by molar-refractivity contribution is 0.624. The molecule has 0 fully saturated rings. The van der Waals surface area contributed by atoms with Crippen molar-refractivity contribution in [2.45, 2.75) is 6.54 Å². The van der Waals surface area contributed by atoms with E-state index in [1.54, 1.807) is 24.3 Å². The van der Waals surface area contributed by atoms with Crippen molar-refractivity contribution in [1.29, 1.82) is 0 Å². The monoisotopic (exact) mass is 353 g/mol. The van der Waals surface area contributed by atoms with Gasteiger partial charge in [0.1, 0.15) is 10.8 Å². The smallest absolute Gasteiger partial charge is 0.244 e. The number of thiazole rings is 1. The van der Waals surface area contributed by atoms with E-state index in [4.69, 9.17) is 0 Å². The minimum atomic E-state index is -0.331. The molecule has 0 bridgehead atoms. The lowest BCUT2D eigenvalue weighted by Gasteiger charge is -1.97. The topological polar surface area (TPSA) is 65.6 Å². The fourth-order valence-electron chi connectivity index (χ4n) is 2.36. The van der Waals surface area contributed by atoms with Gasteiger partial charge >= 0.3 is 5.69 Å². The largest absolute Gasteiger partial charge is 0.368 e. The highest BCUT2D eigenvalue weighted by molar-refractivity contribution is 7.13. The molecule has 2 aromatic carbocycles. The zero-order valence-corrected chi connectivity index (χ0v) is 13.7. The molecule has 0 N–H and O–H groups in total. The second kappa shape index (κ2) is 6.40. The second-order valence-electron chi connectivity index (χ2n) is 5.32. The fraction of sp³-hybridized carbons (Fsp3) is 0.0588. The van der Waals surface area contributed by atoms with E-state index in [0.29, 0.717) is 11.4 Å². The van der Waals surface area contributed by atoms with Crippen LogP contribution in [0.15, 0.2) is 64.8 Å². The van der Waals surface area contributed by atoms with Gasteiger partial charge in [0.2, 0.25) is 0 Å². The van der Waals surface area contributed by atoms with Gasteiger partial charge in [-0.15, -0.1) is 11.3 Å². The minimum absolute atomic E-state index is 0.226. The molecule has 0 radical (unpaired) electrons. The Labute approximate surface area is 145 Å². The van der Waals surface area contributed by atoms with E-state index in [1.807, 2.05) is 23.6 Å². The average Bonchev–Trinajstić information content (AvgIpc) is 3.24. The Morgan fingerprint density at radius 2 is 1.76 bits per heavy atom. The number of para-hydroxylation sites is 1. The summed E-state index contributed by atoms with van der Waals surface area (Å²) in [5.74, 6) is -0.287. The van der Waals surface area contributed by atoms with Gasteiger partial charge in [0.15, 0.2) is 0 Å². The summed E-state index contributed by atoms with van der Waals surface area (Å²) < 4.78 is 15.5. The molecular formula is C17H12FN5OS. The van der Waals surface area contributed by atoms with Crippen molar-refractivity contribution in [2.24, 2.45) is 0 Å². The van der Waals surface area contributed by atoms with Crippen LogP contribution in [-0.4, -0.2) is 24.8 Å². The quantitative estimate of drug-likeness (QED) is 0.566. The van der Waals surface area contributed by atoms with E-state index < -0.39 is 0 Å². The molecule has 0 amide bonds. The number of hydrogen-bond acceptors (Lipinski definition) is 5. The van der Waals surface area contributed by atoms with Gasteiger partial charge < -0.3 is 0 Å². The van der Waals surface area contributed by atoms with Crippen LogP contribution in [0.3, 0.4) is 0 Å². The maximum absolute atomic E-state index is 13.0. The first-order valence-electron chi connectivity index (χ1n) is 7.49. The van der Waals surface area contributed by atoms with E-state index >= 15 is 0 Å². The van der Waals surface area contributed by atoms with Crippen molar-refractivity contribution in [1.82, 2.24) is 24.8 Å². The summed E-state index contributed by atoms with van der Waals surface area (Å²) >= 11 is 1.43. The molecule has 0 spiro atoms. The van der Waals surface area contributed by atoms with Crippen LogP contribution in [0.5, 0.6) is 0 Å². The summed E-state index contributed by atoms with van der Waals surface area (Å²) in [7, 11) is 0. The molecule has 25 heavy (non-hydrogen) atoms. The van der Waals surface area contributed by atoms with Crippen LogP contribution < -0.4 is 5.69 Å². The van der Waals surface area contributed by atoms with E-state index in [-0.39, 0.29) is 18.1 Å². The number of hydrogen-bond donors (Lipinski definition) is 0. The van der Waals surface area contributed by atoms with Crippen molar-refractivity contribution >= 4 is 11.3 Å². The average molecular weight is 353 g/mol. The molecule has 4 aromatic rings. The molecule has 0 saturated heterocycles. The molecule has 2 aromatic heterocycles. The molecule has 124 valence electrons. The first kappa shape index (κ1) is 15.4. The maximum Gasteiger partial charge on any atom is 0.368 e. The van der Waals surface area contributed by atoms with Gasteiger partial charge in [-0.05, 0) is 46.8 Å². The van der Waals surface area contributed by atoms with E-state index in [2.05, 4.69) is 15.4 Å². The molecule has 0 unspecified atom stereocenters. The molecule has 0 atom stereocenters. The van der Waals surface area contributed by atoms with Gasteiger partial charge in [-0.25, -0.2) is 14.2 Å². The minimum Gasteiger partial charge on any atom is -0.244 e.